The van der Waals surface area contributed by atoms with E-state index in [9.17, 15) is 8.42 Å². The molecule has 0 bridgehead atoms. The number of nitrogens with zero attached hydrogens (tertiary/aromatic N) is 2. The van der Waals surface area contributed by atoms with Crippen molar-refractivity contribution in [2.45, 2.75) is 11.4 Å². The van der Waals surface area contributed by atoms with E-state index in [1.165, 1.54) is 18.4 Å². The van der Waals surface area contributed by atoms with Crippen LogP contribution in [0.3, 0.4) is 0 Å². The highest BCUT2D eigenvalue weighted by molar-refractivity contribution is 7.89. The number of aromatic amines is 1. The van der Waals surface area contributed by atoms with Crippen molar-refractivity contribution in [2.75, 3.05) is 14.1 Å². The van der Waals surface area contributed by atoms with Crippen LogP contribution in [0, 0.1) is 0 Å². The quantitative estimate of drug-likeness (QED) is 0.866. The van der Waals surface area contributed by atoms with Crippen LogP contribution in [0.4, 0.5) is 0 Å². The molecule has 1 heterocycles. The molecule has 1 aromatic carbocycles. The van der Waals surface area contributed by atoms with Crippen LogP contribution in [0.2, 0.25) is 0 Å². The van der Waals surface area contributed by atoms with Crippen LogP contribution in [0.25, 0.3) is 11.3 Å². The van der Waals surface area contributed by atoms with Gasteiger partial charge in [0.15, 0.2) is 0 Å². The number of sulfonamides is 1. The maximum Gasteiger partial charge on any atom is 0.242 e. The van der Waals surface area contributed by atoms with Crippen LogP contribution in [-0.4, -0.2) is 36.8 Å². The third-order valence-electron chi connectivity index (χ3n) is 2.77. The largest absolute Gasteiger partial charge is 0.341 e. The van der Waals surface area contributed by atoms with Gasteiger partial charge in [0.1, 0.15) is 5.82 Å². The fourth-order valence-electron chi connectivity index (χ4n) is 1.63. The lowest BCUT2D eigenvalue weighted by Gasteiger charge is -2.11. The minimum absolute atomic E-state index is 0.264. The Morgan fingerprint density at radius 2 is 1.89 bits per heavy atom. The zero-order valence-corrected chi connectivity index (χ0v) is 11.6. The summed E-state index contributed by atoms with van der Waals surface area (Å²) in [5.41, 5.74) is 7.16. The van der Waals surface area contributed by atoms with E-state index >= 15 is 0 Å². The second-order valence-corrected chi connectivity index (χ2v) is 6.41. The number of hydrogen-bond acceptors (Lipinski definition) is 4. The zero-order chi connectivity index (χ0) is 14.0. The molecule has 102 valence electrons. The van der Waals surface area contributed by atoms with Gasteiger partial charge in [-0.15, -0.1) is 0 Å². The Labute approximate surface area is 112 Å². The normalized spacial score (nSPS) is 12.0. The Kier molecular flexibility index (Phi) is 3.70. The number of benzene rings is 1. The van der Waals surface area contributed by atoms with Gasteiger partial charge in [-0.3, -0.25) is 0 Å². The second-order valence-electron chi connectivity index (χ2n) is 4.26. The molecule has 0 aliphatic rings. The van der Waals surface area contributed by atoms with E-state index < -0.39 is 10.0 Å². The van der Waals surface area contributed by atoms with Crippen LogP contribution in [-0.2, 0) is 16.6 Å². The number of imidazole rings is 1. The van der Waals surface area contributed by atoms with Crippen molar-refractivity contribution >= 4 is 10.0 Å². The molecule has 3 N–H and O–H groups in total. The van der Waals surface area contributed by atoms with Gasteiger partial charge in [0.25, 0.3) is 0 Å². The molecule has 19 heavy (non-hydrogen) atoms. The van der Waals surface area contributed by atoms with Crippen molar-refractivity contribution < 1.29 is 8.42 Å². The molecule has 0 amide bonds. The monoisotopic (exact) mass is 280 g/mol. The van der Waals surface area contributed by atoms with Crippen LogP contribution < -0.4 is 5.73 Å². The fourth-order valence-corrected chi connectivity index (χ4v) is 2.53. The van der Waals surface area contributed by atoms with Crippen LogP contribution in [0.5, 0.6) is 0 Å². The zero-order valence-electron chi connectivity index (χ0n) is 10.8. The van der Waals surface area contributed by atoms with Gasteiger partial charge < -0.3 is 10.7 Å². The molecule has 0 aliphatic carbocycles. The van der Waals surface area contributed by atoms with Crippen molar-refractivity contribution in [2.24, 2.45) is 5.73 Å². The number of nitrogens with two attached hydrogens (primary N) is 1. The summed E-state index contributed by atoms with van der Waals surface area (Å²) < 4.78 is 25.0. The first-order valence-electron chi connectivity index (χ1n) is 5.72. The molecule has 0 spiro atoms. The average Bonchev–Trinajstić information content (AvgIpc) is 2.87. The van der Waals surface area contributed by atoms with E-state index in [2.05, 4.69) is 9.97 Å². The van der Waals surface area contributed by atoms with Crippen molar-refractivity contribution in [3.05, 3.63) is 36.3 Å². The van der Waals surface area contributed by atoms with Crippen LogP contribution in [0.15, 0.2) is 35.4 Å². The smallest absolute Gasteiger partial charge is 0.242 e. The standard InChI is InChI=1S/C12H16N4O2S/c1-16(2)19(17,18)10-5-3-9(4-6-10)11-8-14-12(7-13)15-11/h3-6,8H,7,13H2,1-2H3,(H,14,15). The summed E-state index contributed by atoms with van der Waals surface area (Å²) in [5.74, 6) is 0.694. The number of nitrogens with one attached hydrogen (secondary N) is 1. The van der Waals surface area contributed by atoms with E-state index in [-0.39, 0.29) is 4.90 Å². The number of aromatic nitrogens is 2. The van der Waals surface area contributed by atoms with Gasteiger partial charge in [-0.05, 0) is 17.7 Å². The molecule has 0 radical (unpaired) electrons. The SMILES string of the molecule is CN(C)S(=O)(=O)c1ccc(-c2cnc(CN)[nH]2)cc1. The van der Waals surface area contributed by atoms with Gasteiger partial charge in [-0.2, -0.15) is 0 Å². The second kappa shape index (κ2) is 5.12. The molecule has 7 heteroatoms. The van der Waals surface area contributed by atoms with E-state index in [0.717, 1.165) is 11.3 Å². The summed E-state index contributed by atoms with van der Waals surface area (Å²) in [4.78, 5) is 7.43. The minimum Gasteiger partial charge on any atom is -0.341 e. The maximum atomic E-state index is 11.9. The highest BCUT2D eigenvalue weighted by atomic mass is 32.2. The maximum absolute atomic E-state index is 11.9. The summed E-state index contributed by atoms with van der Waals surface area (Å²) >= 11 is 0. The molecule has 0 atom stereocenters. The lowest BCUT2D eigenvalue weighted by Crippen LogP contribution is -2.22. The highest BCUT2D eigenvalue weighted by Gasteiger charge is 2.16. The van der Waals surface area contributed by atoms with Crippen molar-refractivity contribution in [3.63, 3.8) is 0 Å². The highest BCUT2D eigenvalue weighted by Crippen LogP contribution is 2.20. The third-order valence-corrected chi connectivity index (χ3v) is 4.60. The topological polar surface area (TPSA) is 92.1 Å². The minimum atomic E-state index is -3.39. The average molecular weight is 280 g/mol. The predicted octanol–water partition coefficient (Wildman–Crippen LogP) is 0.786. The molecule has 0 fully saturated rings. The summed E-state index contributed by atoms with van der Waals surface area (Å²) in [5, 5.41) is 0. The van der Waals surface area contributed by atoms with Gasteiger partial charge in [-0.25, -0.2) is 17.7 Å². The van der Waals surface area contributed by atoms with Gasteiger partial charge in [-0.1, -0.05) is 12.1 Å². The Balaban J connectivity index is 2.33. The molecule has 2 rings (SSSR count). The van der Waals surface area contributed by atoms with Crippen molar-refractivity contribution in [1.29, 1.82) is 0 Å². The molecule has 2 aromatic rings. The predicted molar refractivity (Wildman–Crippen MR) is 72.8 cm³/mol. The Hall–Kier alpha value is -1.70. The van der Waals surface area contributed by atoms with Gasteiger partial charge >= 0.3 is 0 Å². The van der Waals surface area contributed by atoms with Gasteiger partial charge in [0.2, 0.25) is 10.0 Å². The van der Waals surface area contributed by atoms with E-state index in [1.807, 2.05) is 0 Å². The van der Waals surface area contributed by atoms with E-state index in [0.29, 0.717) is 12.4 Å². The molecule has 1 aromatic heterocycles. The Morgan fingerprint density at radius 3 is 2.37 bits per heavy atom. The fraction of sp³-hybridized carbons (Fsp3) is 0.250. The first kappa shape index (κ1) is 13.7. The molecule has 0 aliphatic heterocycles. The number of rotatable bonds is 4. The summed E-state index contributed by atoms with van der Waals surface area (Å²) in [7, 11) is -0.377. The van der Waals surface area contributed by atoms with Crippen molar-refractivity contribution in [1.82, 2.24) is 14.3 Å². The van der Waals surface area contributed by atoms with E-state index in [4.69, 9.17) is 5.73 Å². The molecule has 0 saturated carbocycles. The van der Waals surface area contributed by atoms with Gasteiger partial charge in [0.05, 0.1) is 23.3 Å². The molecular weight excluding hydrogens is 264 g/mol. The molecule has 0 unspecified atom stereocenters. The van der Waals surface area contributed by atoms with E-state index in [1.54, 1.807) is 30.5 Å². The third kappa shape index (κ3) is 2.67. The summed E-state index contributed by atoms with van der Waals surface area (Å²) in [6, 6.07) is 6.63. The Morgan fingerprint density at radius 1 is 1.26 bits per heavy atom. The first-order valence-corrected chi connectivity index (χ1v) is 7.16. The Bertz CT molecular complexity index is 659. The van der Waals surface area contributed by atoms with Gasteiger partial charge in [0, 0.05) is 14.1 Å². The molecular formula is C12H16N4O2S. The molecule has 6 nitrogen and oxygen atoms in total. The molecule has 0 saturated heterocycles. The van der Waals surface area contributed by atoms with Crippen LogP contribution >= 0.6 is 0 Å². The lowest BCUT2D eigenvalue weighted by atomic mass is 10.2. The number of hydrogen-bond donors (Lipinski definition) is 2. The first-order chi connectivity index (χ1) is 8.95. The number of H-pyrrole nitrogens is 1. The van der Waals surface area contributed by atoms with Crippen LogP contribution in [0.1, 0.15) is 5.82 Å². The summed E-state index contributed by atoms with van der Waals surface area (Å²) in [6.45, 7) is 0.340. The lowest BCUT2D eigenvalue weighted by molar-refractivity contribution is 0.521. The summed E-state index contributed by atoms with van der Waals surface area (Å²) in [6.07, 6.45) is 1.68. The van der Waals surface area contributed by atoms with Crippen molar-refractivity contribution in [3.8, 4) is 11.3 Å².